The maximum absolute atomic E-state index is 4.49. The lowest BCUT2D eigenvalue weighted by atomic mass is 10.2. The molecule has 18 heavy (non-hydrogen) atoms. The van der Waals surface area contributed by atoms with Gasteiger partial charge in [0.05, 0.1) is 0 Å². The van der Waals surface area contributed by atoms with Crippen LogP contribution in [0.3, 0.4) is 0 Å². The summed E-state index contributed by atoms with van der Waals surface area (Å²) in [7, 11) is 0. The Labute approximate surface area is 111 Å². The molecule has 0 aromatic carbocycles. The van der Waals surface area contributed by atoms with E-state index in [1.54, 1.807) is 18.0 Å². The molecule has 0 aliphatic rings. The molecule has 0 saturated carbocycles. The second-order valence-corrected chi connectivity index (χ2v) is 4.76. The fourth-order valence-electron chi connectivity index (χ4n) is 1.56. The molecule has 2 aromatic heterocycles. The quantitative estimate of drug-likeness (QED) is 0.676. The summed E-state index contributed by atoms with van der Waals surface area (Å²) < 4.78 is 0. The molecule has 2 aromatic rings. The Kier molecular flexibility index (Phi) is 4.15. The number of rotatable bonds is 4. The summed E-state index contributed by atoms with van der Waals surface area (Å²) in [5.41, 5.74) is 3.25. The van der Waals surface area contributed by atoms with Gasteiger partial charge >= 0.3 is 0 Å². The summed E-state index contributed by atoms with van der Waals surface area (Å²) in [4.78, 5) is 13.0. The molecule has 94 valence electrons. The van der Waals surface area contributed by atoms with E-state index in [0.29, 0.717) is 0 Å². The van der Waals surface area contributed by atoms with Gasteiger partial charge in [-0.05, 0) is 31.7 Å². The molecule has 1 N–H and O–H groups in total. The molecule has 0 saturated heterocycles. The monoisotopic (exact) mass is 260 g/mol. The third-order valence-electron chi connectivity index (χ3n) is 2.73. The second kappa shape index (κ2) is 5.82. The number of thioether (sulfide) groups is 1. The average molecular weight is 260 g/mol. The molecule has 0 spiro atoms. The van der Waals surface area contributed by atoms with Crippen LogP contribution >= 0.6 is 11.8 Å². The van der Waals surface area contributed by atoms with Crippen LogP contribution in [-0.2, 0) is 6.54 Å². The maximum Gasteiger partial charge on any atom is 0.189 e. The number of hydrogen-bond donors (Lipinski definition) is 1. The van der Waals surface area contributed by atoms with Crippen molar-refractivity contribution in [1.29, 1.82) is 0 Å². The highest BCUT2D eigenvalue weighted by atomic mass is 32.2. The highest BCUT2D eigenvalue weighted by Crippen LogP contribution is 2.19. The van der Waals surface area contributed by atoms with Gasteiger partial charge in [-0.25, -0.2) is 9.97 Å². The van der Waals surface area contributed by atoms with Gasteiger partial charge in [0.1, 0.15) is 5.82 Å². The molecule has 0 amide bonds. The molecule has 5 heteroatoms. The number of pyridine rings is 1. The van der Waals surface area contributed by atoms with Crippen molar-refractivity contribution in [2.45, 2.75) is 25.5 Å². The molecule has 0 radical (unpaired) electrons. The Morgan fingerprint density at radius 1 is 1.28 bits per heavy atom. The predicted molar refractivity (Wildman–Crippen MR) is 74.9 cm³/mol. The first-order valence-corrected chi connectivity index (χ1v) is 6.95. The summed E-state index contributed by atoms with van der Waals surface area (Å²) in [6, 6.07) is 3.97. The molecule has 4 nitrogen and oxygen atoms in total. The van der Waals surface area contributed by atoms with Crippen molar-refractivity contribution in [1.82, 2.24) is 15.0 Å². The SMILES string of the molecule is CSc1nc(C)c(C)c(NCc2cccnc2)n1. The lowest BCUT2D eigenvalue weighted by Gasteiger charge is -2.11. The fraction of sp³-hybridized carbons (Fsp3) is 0.308. The summed E-state index contributed by atoms with van der Waals surface area (Å²) in [6.45, 7) is 4.76. The Morgan fingerprint density at radius 2 is 2.11 bits per heavy atom. The van der Waals surface area contributed by atoms with Gasteiger partial charge in [0.15, 0.2) is 5.16 Å². The van der Waals surface area contributed by atoms with E-state index in [0.717, 1.165) is 34.3 Å². The van der Waals surface area contributed by atoms with E-state index in [1.807, 2.05) is 38.4 Å². The van der Waals surface area contributed by atoms with Crippen molar-refractivity contribution < 1.29 is 0 Å². The van der Waals surface area contributed by atoms with Crippen LogP contribution < -0.4 is 5.32 Å². The Hall–Kier alpha value is -1.62. The van der Waals surface area contributed by atoms with E-state index >= 15 is 0 Å². The van der Waals surface area contributed by atoms with E-state index in [1.165, 1.54) is 0 Å². The third kappa shape index (κ3) is 2.98. The minimum atomic E-state index is 0.721. The van der Waals surface area contributed by atoms with Gasteiger partial charge in [-0.2, -0.15) is 0 Å². The minimum absolute atomic E-state index is 0.721. The second-order valence-electron chi connectivity index (χ2n) is 3.98. The largest absolute Gasteiger partial charge is 0.366 e. The van der Waals surface area contributed by atoms with Gasteiger partial charge in [0.25, 0.3) is 0 Å². The van der Waals surface area contributed by atoms with Gasteiger partial charge in [-0.15, -0.1) is 0 Å². The molecule has 0 bridgehead atoms. The minimum Gasteiger partial charge on any atom is -0.366 e. The predicted octanol–water partition coefficient (Wildman–Crippen LogP) is 2.82. The highest BCUT2D eigenvalue weighted by Gasteiger charge is 2.07. The zero-order chi connectivity index (χ0) is 13.0. The van der Waals surface area contributed by atoms with E-state index < -0.39 is 0 Å². The van der Waals surface area contributed by atoms with Crippen molar-refractivity contribution >= 4 is 17.6 Å². The van der Waals surface area contributed by atoms with Gasteiger partial charge in [0.2, 0.25) is 0 Å². The zero-order valence-corrected chi connectivity index (χ0v) is 11.6. The Bertz CT molecular complexity index is 528. The van der Waals surface area contributed by atoms with Crippen molar-refractivity contribution in [3.05, 3.63) is 41.3 Å². The van der Waals surface area contributed by atoms with E-state index in [-0.39, 0.29) is 0 Å². The van der Waals surface area contributed by atoms with E-state index in [2.05, 4.69) is 20.3 Å². The highest BCUT2D eigenvalue weighted by molar-refractivity contribution is 7.98. The van der Waals surface area contributed by atoms with Crippen molar-refractivity contribution in [2.75, 3.05) is 11.6 Å². The average Bonchev–Trinajstić information content (AvgIpc) is 2.41. The molecule has 0 fully saturated rings. The van der Waals surface area contributed by atoms with Crippen LogP contribution in [-0.4, -0.2) is 21.2 Å². The van der Waals surface area contributed by atoms with Gasteiger partial charge in [0, 0.05) is 30.2 Å². The van der Waals surface area contributed by atoms with Gasteiger partial charge < -0.3 is 5.32 Å². The smallest absolute Gasteiger partial charge is 0.189 e. The van der Waals surface area contributed by atoms with Crippen molar-refractivity contribution in [3.63, 3.8) is 0 Å². The summed E-state index contributed by atoms with van der Waals surface area (Å²) in [6.07, 6.45) is 5.61. The number of nitrogens with one attached hydrogen (secondary N) is 1. The van der Waals surface area contributed by atoms with Crippen LogP contribution in [0.5, 0.6) is 0 Å². The Morgan fingerprint density at radius 3 is 2.78 bits per heavy atom. The van der Waals surface area contributed by atoms with E-state index in [4.69, 9.17) is 0 Å². The lowest BCUT2D eigenvalue weighted by molar-refractivity contribution is 0.906. The molecule has 0 aliphatic carbocycles. The zero-order valence-electron chi connectivity index (χ0n) is 10.8. The van der Waals surface area contributed by atoms with Crippen LogP contribution in [0.1, 0.15) is 16.8 Å². The Balaban J connectivity index is 2.16. The van der Waals surface area contributed by atoms with Crippen LogP contribution in [0.15, 0.2) is 29.7 Å². The van der Waals surface area contributed by atoms with Crippen molar-refractivity contribution in [2.24, 2.45) is 0 Å². The normalized spacial score (nSPS) is 10.4. The molecule has 0 unspecified atom stereocenters. The molecule has 0 atom stereocenters. The number of anilines is 1. The maximum atomic E-state index is 4.49. The van der Waals surface area contributed by atoms with Crippen LogP contribution in [0.25, 0.3) is 0 Å². The first-order valence-electron chi connectivity index (χ1n) is 5.72. The third-order valence-corrected chi connectivity index (χ3v) is 3.28. The fourth-order valence-corrected chi connectivity index (χ4v) is 1.97. The number of aryl methyl sites for hydroxylation is 1. The van der Waals surface area contributed by atoms with E-state index in [9.17, 15) is 0 Å². The first-order chi connectivity index (χ1) is 8.70. The van der Waals surface area contributed by atoms with Gasteiger partial charge in [-0.3, -0.25) is 4.98 Å². The molecule has 2 rings (SSSR count). The van der Waals surface area contributed by atoms with Crippen LogP contribution in [0, 0.1) is 13.8 Å². The van der Waals surface area contributed by atoms with Crippen LogP contribution in [0.2, 0.25) is 0 Å². The first kappa shape index (κ1) is 12.8. The molecule has 2 heterocycles. The standard InChI is InChI=1S/C13H16N4S/c1-9-10(2)16-13(18-3)17-12(9)15-8-11-5-4-6-14-7-11/h4-7H,8H2,1-3H3,(H,15,16,17). The molecular formula is C13H16N4S. The van der Waals surface area contributed by atoms with Gasteiger partial charge in [-0.1, -0.05) is 17.8 Å². The summed E-state index contributed by atoms with van der Waals surface area (Å²) in [5.74, 6) is 0.899. The lowest BCUT2D eigenvalue weighted by Crippen LogP contribution is -2.06. The molecule has 0 aliphatic heterocycles. The summed E-state index contributed by atoms with van der Waals surface area (Å²) in [5, 5.41) is 4.14. The number of hydrogen-bond acceptors (Lipinski definition) is 5. The molecular weight excluding hydrogens is 244 g/mol. The summed E-state index contributed by atoms with van der Waals surface area (Å²) >= 11 is 1.55. The topological polar surface area (TPSA) is 50.7 Å². The van der Waals surface area contributed by atoms with Crippen molar-refractivity contribution in [3.8, 4) is 0 Å². The number of aromatic nitrogens is 3. The van der Waals surface area contributed by atoms with Crippen LogP contribution in [0.4, 0.5) is 5.82 Å². The number of nitrogens with zero attached hydrogens (tertiary/aromatic N) is 3.